The van der Waals surface area contributed by atoms with Gasteiger partial charge in [0.05, 0.1) is 23.6 Å². The molecule has 1 aliphatic heterocycles. The minimum atomic E-state index is -0.514. The van der Waals surface area contributed by atoms with E-state index in [0.717, 1.165) is 24.0 Å². The Balaban J connectivity index is 1.76. The third kappa shape index (κ3) is 4.42. The molecule has 0 N–H and O–H groups in total. The van der Waals surface area contributed by atoms with Crippen molar-refractivity contribution in [1.82, 2.24) is 14.0 Å². The van der Waals surface area contributed by atoms with Crippen molar-refractivity contribution in [2.45, 2.75) is 32.4 Å². The number of aryl methyl sites for hydroxylation is 1. The van der Waals surface area contributed by atoms with Gasteiger partial charge in [-0.25, -0.2) is 4.98 Å². The lowest BCUT2D eigenvalue weighted by molar-refractivity contribution is -0.113. The lowest BCUT2D eigenvalue weighted by Gasteiger charge is -2.17. The van der Waals surface area contributed by atoms with Crippen LogP contribution in [0.4, 0.5) is 0 Å². The van der Waals surface area contributed by atoms with Crippen LogP contribution in [0.5, 0.6) is 0 Å². The molecule has 5 rings (SSSR count). The minimum absolute atomic E-state index is 0.127. The summed E-state index contributed by atoms with van der Waals surface area (Å²) < 4.78 is 8.99. The van der Waals surface area contributed by atoms with Gasteiger partial charge in [-0.15, -0.1) is 0 Å². The molecule has 8 nitrogen and oxygen atoms in total. The average molecular weight is 466 g/mol. The van der Waals surface area contributed by atoms with Crippen molar-refractivity contribution < 1.29 is 9.53 Å². The Morgan fingerprint density at radius 2 is 2.09 bits per heavy atom. The first-order valence-electron chi connectivity index (χ1n) is 11.4. The number of amides is 1. The van der Waals surface area contributed by atoms with Crippen LogP contribution in [0.1, 0.15) is 29.5 Å². The summed E-state index contributed by atoms with van der Waals surface area (Å²) in [6, 6.07) is 16.7. The van der Waals surface area contributed by atoms with Crippen molar-refractivity contribution in [2.24, 2.45) is 4.99 Å². The van der Waals surface area contributed by atoms with Gasteiger partial charge in [0, 0.05) is 18.9 Å². The number of pyridine rings is 2. The van der Waals surface area contributed by atoms with Gasteiger partial charge in [-0.2, -0.15) is 10.3 Å². The van der Waals surface area contributed by atoms with E-state index in [1.54, 1.807) is 22.9 Å². The molecular weight excluding hydrogens is 442 g/mol. The highest BCUT2D eigenvalue weighted by Gasteiger charge is 2.21. The molecule has 0 spiro atoms. The average Bonchev–Trinajstić information content (AvgIpc) is 3.39. The first-order valence-corrected chi connectivity index (χ1v) is 11.4. The summed E-state index contributed by atoms with van der Waals surface area (Å²) in [7, 11) is 0. The smallest absolute Gasteiger partial charge is 0.271 e. The minimum Gasteiger partial charge on any atom is -0.376 e. The van der Waals surface area contributed by atoms with Crippen LogP contribution in [-0.2, 0) is 16.1 Å². The summed E-state index contributed by atoms with van der Waals surface area (Å²) >= 11 is 0. The van der Waals surface area contributed by atoms with Crippen molar-refractivity contribution in [3.8, 4) is 6.07 Å². The van der Waals surface area contributed by atoms with Crippen LogP contribution in [0.25, 0.3) is 22.8 Å². The Labute approximate surface area is 201 Å². The highest BCUT2D eigenvalue weighted by molar-refractivity contribution is 5.92. The topological polar surface area (TPSA) is 102 Å². The van der Waals surface area contributed by atoms with Crippen molar-refractivity contribution in [3.05, 3.63) is 93.3 Å². The Bertz CT molecular complexity index is 1640. The second kappa shape index (κ2) is 9.49. The lowest BCUT2D eigenvalue weighted by atomic mass is 10.2. The highest BCUT2D eigenvalue weighted by atomic mass is 16.5. The van der Waals surface area contributed by atoms with Crippen LogP contribution >= 0.6 is 0 Å². The first kappa shape index (κ1) is 22.4. The van der Waals surface area contributed by atoms with E-state index in [4.69, 9.17) is 9.72 Å². The molecule has 1 aliphatic rings. The summed E-state index contributed by atoms with van der Waals surface area (Å²) in [6.07, 6.45) is 6.32. The number of rotatable bonds is 4. The predicted octanol–water partition coefficient (Wildman–Crippen LogP) is 3.15. The molecule has 0 radical (unpaired) electrons. The van der Waals surface area contributed by atoms with Gasteiger partial charge in [-0.3, -0.25) is 14.0 Å². The van der Waals surface area contributed by atoms with Gasteiger partial charge in [-0.05, 0) is 49.1 Å². The molecule has 1 saturated heterocycles. The number of nitrogens with zero attached hydrogens (tertiary/aromatic N) is 5. The second-order valence-electron chi connectivity index (χ2n) is 8.47. The fourth-order valence-electron chi connectivity index (χ4n) is 4.33. The molecule has 174 valence electrons. The Morgan fingerprint density at radius 1 is 1.26 bits per heavy atom. The Hall–Kier alpha value is -4.35. The third-order valence-corrected chi connectivity index (χ3v) is 6.07. The molecule has 1 atom stereocenters. The summed E-state index contributed by atoms with van der Waals surface area (Å²) in [4.78, 5) is 35.2. The normalized spacial score (nSPS) is 16.3. The van der Waals surface area contributed by atoms with Gasteiger partial charge < -0.3 is 9.30 Å². The molecule has 0 saturated carbocycles. The van der Waals surface area contributed by atoms with Crippen LogP contribution in [-0.4, -0.2) is 32.6 Å². The fourth-order valence-corrected chi connectivity index (χ4v) is 4.33. The van der Waals surface area contributed by atoms with E-state index in [2.05, 4.69) is 11.1 Å². The molecular formula is C27H23N5O3. The number of carbonyl (C=O) groups is 1. The molecule has 1 amide bonds. The van der Waals surface area contributed by atoms with Crippen LogP contribution in [0.3, 0.4) is 0 Å². The summed E-state index contributed by atoms with van der Waals surface area (Å²) in [5.41, 5.74) is 2.59. The van der Waals surface area contributed by atoms with Gasteiger partial charge in [-0.1, -0.05) is 36.4 Å². The van der Waals surface area contributed by atoms with Crippen molar-refractivity contribution >= 4 is 28.7 Å². The van der Waals surface area contributed by atoms with E-state index in [-0.39, 0.29) is 28.1 Å². The van der Waals surface area contributed by atoms with Gasteiger partial charge >= 0.3 is 0 Å². The number of fused-ring (bicyclic) bond motifs is 2. The summed E-state index contributed by atoms with van der Waals surface area (Å²) in [5.74, 6) is -0.514. The SMILES string of the molecule is Cc1cccn2c(=O)c3cc(C#N)c(=NC(=O)/C=C\c4ccccc4)n(C[C@@H]4CCCO4)c3nc12. The Kier molecular flexibility index (Phi) is 6.08. The molecule has 4 aromatic rings. The molecule has 35 heavy (non-hydrogen) atoms. The van der Waals surface area contributed by atoms with Gasteiger partial charge in [0.25, 0.3) is 11.5 Å². The largest absolute Gasteiger partial charge is 0.376 e. The summed E-state index contributed by atoms with van der Waals surface area (Å²) in [5, 5.41) is 10.2. The van der Waals surface area contributed by atoms with E-state index in [1.165, 1.54) is 16.5 Å². The number of ether oxygens (including phenoxy) is 1. The zero-order chi connectivity index (χ0) is 24.4. The van der Waals surface area contributed by atoms with Crippen molar-refractivity contribution in [2.75, 3.05) is 6.61 Å². The number of benzene rings is 1. The van der Waals surface area contributed by atoms with E-state index < -0.39 is 5.91 Å². The zero-order valence-electron chi connectivity index (χ0n) is 19.2. The first-order chi connectivity index (χ1) is 17.0. The van der Waals surface area contributed by atoms with E-state index in [9.17, 15) is 14.9 Å². The highest BCUT2D eigenvalue weighted by Crippen LogP contribution is 2.17. The maximum atomic E-state index is 13.4. The fraction of sp³-hybridized carbons (Fsp3) is 0.222. The molecule has 0 bridgehead atoms. The van der Waals surface area contributed by atoms with Crippen LogP contribution in [0.2, 0.25) is 0 Å². The Morgan fingerprint density at radius 3 is 2.83 bits per heavy atom. The molecule has 1 aromatic carbocycles. The van der Waals surface area contributed by atoms with Gasteiger partial charge in [0.2, 0.25) is 0 Å². The molecule has 0 unspecified atom stereocenters. The van der Waals surface area contributed by atoms with E-state index in [0.29, 0.717) is 24.4 Å². The monoisotopic (exact) mass is 465 g/mol. The number of aromatic nitrogens is 3. The van der Waals surface area contributed by atoms with E-state index in [1.807, 2.05) is 43.3 Å². The predicted molar refractivity (Wildman–Crippen MR) is 131 cm³/mol. The van der Waals surface area contributed by atoms with Gasteiger partial charge in [0.1, 0.15) is 17.4 Å². The number of carbonyl (C=O) groups excluding carboxylic acids is 1. The molecule has 1 fully saturated rings. The van der Waals surface area contributed by atoms with Crippen molar-refractivity contribution in [1.29, 1.82) is 5.26 Å². The lowest BCUT2D eigenvalue weighted by Crippen LogP contribution is -2.32. The second-order valence-corrected chi connectivity index (χ2v) is 8.47. The maximum absolute atomic E-state index is 13.4. The van der Waals surface area contributed by atoms with Crippen LogP contribution < -0.4 is 11.0 Å². The summed E-state index contributed by atoms with van der Waals surface area (Å²) in [6.45, 7) is 2.85. The molecule has 3 aromatic heterocycles. The number of hydrogen-bond acceptors (Lipinski definition) is 5. The standard InChI is InChI=1S/C27H23N5O3/c1-18-7-5-13-31-24(18)30-26-22(27(31)34)15-20(16-28)25(32(26)17-21-10-6-14-35-21)29-23(33)12-11-19-8-3-2-4-9-19/h2-5,7-9,11-13,15,21H,6,10,14,17H2,1H3/b12-11-,29-25?/t21-/m0/s1. The zero-order valence-corrected chi connectivity index (χ0v) is 19.2. The molecule has 8 heteroatoms. The van der Waals surface area contributed by atoms with Crippen LogP contribution in [0, 0.1) is 18.3 Å². The van der Waals surface area contributed by atoms with Gasteiger partial charge in [0.15, 0.2) is 5.49 Å². The third-order valence-electron chi connectivity index (χ3n) is 6.07. The number of hydrogen-bond donors (Lipinski definition) is 0. The van der Waals surface area contributed by atoms with E-state index >= 15 is 0 Å². The quantitative estimate of drug-likeness (QED) is 0.340. The maximum Gasteiger partial charge on any atom is 0.271 e. The van der Waals surface area contributed by atoms with Crippen molar-refractivity contribution in [3.63, 3.8) is 0 Å². The molecule has 4 heterocycles. The molecule has 0 aliphatic carbocycles. The van der Waals surface area contributed by atoms with Crippen LogP contribution in [0.15, 0.2) is 70.6 Å². The number of nitriles is 1.